The molecule has 0 saturated heterocycles. The first kappa shape index (κ1) is 33.6. The van der Waals surface area contributed by atoms with Crippen molar-refractivity contribution in [2.24, 2.45) is 0 Å². The van der Waals surface area contributed by atoms with E-state index in [-0.39, 0.29) is 0 Å². The second-order valence-corrected chi connectivity index (χ2v) is 13.8. The fraction of sp³-hybridized carbons (Fsp3) is 0. The predicted octanol–water partition coefficient (Wildman–Crippen LogP) is 15.4. The monoisotopic (exact) mass is 701 g/mol. The summed E-state index contributed by atoms with van der Waals surface area (Å²) < 4.78 is 0. The molecule has 0 saturated carbocycles. The topological polar surface area (TPSA) is 3.24 Å². The lowest BCUT2D eigenvalue weighted by Gasteiger charge is -2.29. The molecule has 0 unspecified atom stereocenters. The molecule has 1 heteroatoms. The number of rotatable bonds is 9. The van der Waals surface area contributed by atoms with Crippen LogP contribution in [-0.2, 0) is 0 Å². The summed E-state index contributed by atoms with van der Waals surface area (Å²) in [5.41, 5.74) is 12.5. The lowest BCUT2D eigenvalue weighted by molar-refractivity contribution is 1.30. The lowest BCUT2D eigenvalue weighted by Crippen LogP contribution is -2.11. The zero-order chi connectivity index (χ0) is 37.1. The molecule has 0 spiro atoms. The van der Waals surface area contributed by atoms with Crippen LogP contribution in [0.5, 0.6) is 0 Å². The highest BCUT2D eigenvalue weighted by Crippen LogP contribution is 2.45. The zero-order valence-electron chi connectivity index (χ0n) is 30.6. The van der Waals surface area contributed by atoms with Gasteiger partial charge >= 0.3 is 0 Å². The van der Waals surface area contributed by atoms with Gasteiger partial charge in [-0.2, -0.15) is 0 Å². The lowest BCUT2D eigenvalue weighted by atomic mass is 9.92. The molecule has 0 bridgehead atoms. The van der Waals surface area contributed by atoms with E-state index in [9.17, 15) is 0 Å². The van der Waals surface area contributed by atoms with E-state index in [4.69, 9.17) is 0 Å². The van der Waals surface area contributed by atoms with Gasteiger partial charge in [-0.15, -0.1) is 0 Å². The van der Waals surface area contributed by atoms with Crippen molar-refractivity contribution < 1.29 is 0 Å². The fourth-order valence-electron chi connectivity index (χ4n) is 7.94. The van der Waals surface area contributed by atoms with Crippen molar-refractivity contribution in [3.63, 3.8) is 0 Å². The van der Waals surface area contributed by atoms with E-state index in [2.05, 4.69) is 212 Å². The summed E-state index contributed by atoms with van der Waals surface area (Å²) in [7, 11) is 0. The molecule has 9 rings (SSSR count). The second-order valence-electron chi connectivity index (χ2n) is 13.8. The fourth-order valence-corrected chi connectivity index (χ4v) is 7.94. The largest absolute Gasteiger partial charge is 0.310 e. The number of benzene rings is 9. The van der Waals surface area contributed by atoms with E-state index >= 15 is 0 Å². The summed E-state index contributed by atoms with van der Waals surface area (Å²) in [6, 6.07) is 70.4. The number of anilines is 3. The Morgan fingerprint density at radius 1 is 0.400 bits per heavy atom. The second kappa shape index (κ2) is 14.7. The Balaban J connectivity index is 1.25. The van der Waals surface area contributed by atoms with Gasteiger partial charge in [0.2, 0.25) is 0 Å². The molecule has 55 heavy (non-hydrogen) atoms. The quantitative estimate of drug-likeness (QED) is 0.107. The molecule has 0 fully saturated rings. The normalized spacial score (nSPS) is 11.5. The van der Waals surface area contributed by atoms with E-state index in [1.807, 2.05) is 12.2 Å². The molecule has 0 N–H and O–H groups in total. The first-order chi connectivity index (χ1) is 27.2. The third-order valence-corrected chi connectivity index (χ3v) is 10.6. The van der Waals surface area contributed by atoms with Crippen molar-refractivity contribution in [1.29, 1.82) is 0 Å². The zero-order valence-corrected chi connectivity index (χ0v) is 30.6. The molecular formula is C54H39N. The van der Waals surface area contributed by atoms with Gasteiger partial charge in [0.1, 0.15) is 0 Å². The molecule has 0 aromatic heterocycles. The van der Waals surface area contributed by atoms with Crippen LogP contribution in [0.25, 0.3) is 71.3 Å². The molecule has 0 aliphatic rings. The van der Waals surface area contributed by atoms with Crippen LogP contribution < -0.4 is 4.90 Å². The van der Waals surface area contributed by atoms with Crippen molar-refractivity contribution in [2.75, 3.05) is 4.90 Å². The number of allylic oxidation sites excluding steroid dienone is 4. The van der Waals surface area contributed by atoms with Gasteiger partial charge in [-0.1, -0.05) is 195 Å². The minimum atomic E-state index is 1.05. The maximum atomic E-state index is 4.01. The predicted molar refractivity (Wildman–Crippen MR) is 238 cm³/mol. The molecule has 0 amide bonds. The summed E-state index contributed by atoms with van der Waals surface area (Å²) in [5.74, 6) is 0. The molecule has 0 aliphatic heterocycles. The summed E-state index contributed by atoms with van der Waals surface area (Å²) in [4.78, 5) is 2.43. The number of hydrogen-bond acceptors (Lipinski definition) is 1. The van der Waals surface area contributed by atoms with Crippen LogP contribution in [0.1, 0.15) is 5.56 Å². The summed E-state index contributed by atoms with van der Waals surface area (Å²) in [5, 5.41) is 7.38. The highest BCUT2D eigenvalue weighted by molar-refractivity contribution is 6.14. The van der Waals surface area contributed by atoms with Crippen LogP contribution in [-0.4, -0.2) is 0 Å². The molecule has 1 nitrogen and oxygen atoms in total. The van der Waals surface area contributed by atoms with Crippen LogP contribution in [0, 0.1) is 0 Å². The number of hydrogen-bond donors (Lipinski definition) is 0. The van der Waals surface area contributed by atoms with Gasteiger partial charge in [0, 0.05) is 16.8 Å². The Morgan fingerprint density at radius 2 is 0.982 bits per heavy atom. The van der Waals surface area contributed by atoms with Crippen LogP contribution in [0.15, 0.2) is 226 Å². The Labute approximate surface area is 323 Å². The molecule has 0 aliphatic carbocycles. The molecule has 9 aromatic carbocycles. The first-order valence-electron chi connectivity index (χ1n) is 18.7. The van der Waals surface area contributed by atoms with E-state index in [0.29, 0.717) is 0 Å². The van der Waals surface area contributed by atoms with Crippen LogP contribution in [0.4, 0.5) is 17.1 Å². The van der Waals surface area contributed by atoms with Crippen LogP contribution in [0.3, 0.4) is 0 Å². The minimum absolute atomic E-state index is 1.05. The summed E-state index contributed by atoms with van der Waals surface area (Å²) in [6.45, 7) is 7.90. The average molecular weight is 702 g/mol. The molecule has 0 heterocycles. The van der Waals surface area contributed by atoms with Gasteiger partial charge < -0.3 is 4.90 Å². The van der Waals surface area contributed by atoms with Crippen molar-refractivity contribution in [2.45, 2.75) is 0 Å². The van der Waals surface area contributed by atoms with Gasteiger partial charge in [-0.05, 0) is 102 Å². The average Bonchev–Trinajstić information content (AvgIpc) is 3.26. The molecule has 0 radical (unpaired) electrons. The Hall–Kier alpha value is -7.22. The minimum Gasteiger partial charge on any atom is -0.310 e. The molecule has 9 aromatic rings. The van der Waals surface area contributed by atoms with E-state index < -0.39 is 0 Å². The van der Waals surface area contributed by atoms with Crippen LogP contribution in [0.2, 0.25) is 0 Å². The highest BCUT2D eigenvalue weighted by atomic mass is 15.1. The van der Waals surface area contributed by atoms with Crippen molar-refractivity contribution >= 4 is 55.0 Å². The Bertz CT molecular complexity index is 2870. The van der Waals surface area contributed by atoms with Crippen LogP contribution >= 0.6 is 0 Å². The highest BCUT2D eigenvalue weighted by Gasteiger charge is 2.20. The molecular weight excluding hydrogens is 663 g/mol. The SMILES string of the molecule is C=C/C=C(\C=C)c1ccc(-c2ccc(N(c3ccc(-c4cccc5ccccc45)cc3)c3cc4ccccc4c4ccccc34)cc2-c2ccccc2)cc1. The number of nitrogens with zero attached hydrogens (tertiary/aromatic N) is 1. The standard InChI is InChI=1S/C54H39N/c1-3-15-38(4-2)39-26-28-42(29-27-39)50-35-34-46(37-53(50)41-16-6-5-7-17-41)55(54-36-44-19-9-11-22-49(44)51-23-12-13-24-52(51)54)45-32-30-43(31-33-45)48-25-14-20-40-18-8-10-21-47(40)48/h3-37H,1-2H2/b38-15+. The van der Waals surface area contributed by atoms with Gasteiger partial charge in [-0.25, -0.2) is 0 Å². The molecule has 260 valence electrons. The van der Waals surface area contributed by atoms with Gasteiger partial charge in [0.15, 0.2) is 0 Å². The Kier molecular flexibility index (Phi) is 8.96. The van der Waals surface area contributed by atoms with Gasteiger partial charge in [0.05, 0.1) is 5.69 Å². The summed E-state index contributed by atoms with van der Waals surface area (Å²) >= 11 is 0. The van der Waals surface area contributed by atoms with E-state index in [0.717, 1.165) is 39.3 Å². The van der Waals surface area contributed by atoms with Gasteiger partial charge in [0.25, 0.3) is 0 Å². The van der Waals surface area contributed by atoms with Crippen molar-refractivity contribution in [1.82, 2.24) is 0 Å². The third-order valence-electron chi connectivity index (χ3n) is 10.6. The number of fused-ring (bicyclic) bond motifs is 4. The maximum absolute atomic E-state index is 4.01. The molecule has 0 atom stereocenters. The van der Waals surface area contributed by atoms with Crippen molar-refractivity contribution in [3.8, 4) is 33.4 Å². The first-order valence-corrected chi connectivity index (χ1v) is 18.7. The van der Waals surface area contributed by atoms with E-state index in [1.54, 1.807) is 6.08 Å². The smallest absolute Gasteiger partial charge is 0.0546 e. The van der Waals surface area contributed by atoms with Crippen molar-refractivity contribution in [3.05, 3.63) is 231 Å². The Morgan fingerprint density at radius 3 is 1.73 bits per heavy atom. The maximum Gasteiger partial charge on any atom is 0.0546 e. The van der Waals surface area contributed by atoms with E-state index in [1.165, 1.54) is 54.6 Å². The summed E-state index contributed by atoms with van der Waals surface area (Å²) in [6.07, 6.45) is 5.67. The van der Waals surface area contributed by atoms with Gasteiger partial charge in [-0.3, -0.25) is 0 Å². The third kappa shape index (κ3) is 6.33.